The topological polar surface area (TPSA) is 51.9 Å². The first kappa shape index (κ1) is 22.3. The lowest BCUT2D eigenvalue weighted by molar-refractivity contribution is -0.154. The lowest BCUT2D eigenvalue weighted by Crippen LogP contribution is -2.41. The Labute approximate surface area is 196 Å². The number of halogens is 4. The van der Waals surface area contributed by atoms with Gasteiger partial charge < -0.3 is 13.9 Å². The molecular formula is C24H21BrF3NO4. The van der Waals surface area contributed by atoms with E-state index in [0.717, 1.165) is 25.7 Å². The number of ether oxygens (including phenoxy) is 2. The minimum Gasteiger partial charge on any atom is -0.478 e. The summed E-state index contributed by atoms with van der Waals surface area (Å²) in [6.07, 6.45) is 0.537. The summed E-state index contributed by atoms with van der Waals surface area (Å²) >= 11 is 3.24. The zero-order valence-electron chi connectivity index (χ0n) is 17.6. The van der Waals surface area contributed by atoms with Crippen LogP contribution in [0.25, 0.3) is 11.0 Å². The molecule has 2 aromatic carbocycles. The van der Waals surface area contributed by atoms with Crippen LogP contribution >= 0.6 is 15.9 Å². The molecule has 9 heteroatoms. The lowest BCUT2D eigenvalue weighted by Gasteiger charge is -2.37. The minimum absolute atomic E-state index is 0.0258. The van der Waals surface area contributed by atoms with Gasteiger partial charge in [-0.2, -0.15) is 13.2 Å². The Morgan fingerprint density at radius 1 is 1.06 bits per heavy atom. The number of fused-ring (bicyclic) bond motifs is 3. The fraction of sp³-hybridized carbons (Fsp3) is 0.375. The number of benzene rings is 2. The highest BCUT2D eigenvalue weighted by Gasteiger charge is 2.41. The van der Waals surface area contributed by atoms with Gasteiger partial charge in [0.25, 0.3) is 5.76 Å². The highest BCUT2D eigenvalue weighted by Crippen LogP contribution is 2.42. The summed E-state index contributed by atoms with van der Waals surface area (Å²) in [6.45, 7) is 0.727. The molecule has 1 aromatic heterocycles. The molecule has 0 saturated heterocycles. The molecule has 0 spiro atoms. The quantitative estimate of drug-likeness (QED) is 0.375. The molecule has 174 valence electrons. The number of hydrogen-bond acceptors (Lipinski definition) is 5. The SMILES string of the molecule is O=c1c(Oc2ccccc2Br)c(C(F)(F)F)oc2c3c(ccc12)OCN(C1CCCCC1)C3. The third kappa shape index (κ3) is 4.24. The molecule has 5 nitrogen and oxygen atoms in total. The smallest absolute Gasteiger partial charge is 0.453 e. The van der Waals surface area contributed by atoms with Crippen LogP contribution in [0.15, 0.2) is 50.1 Å². The lowest BCUT2D eigenvalue weighted by atomic mass is 9.93. The molecule has 0 unspecified atom stereocenters. The molecule has 3 aromatic rings. The number of nitrogens with zero attached hydrogens (tertiary/aromatic N) is 1. The van der Waals surface area contributed by atoms with E-state index in [0.29, 0.717) is 35.1 Å². The molecule has 0 amide bonds. The van der Waals surface area contributed by atoms with Gasteiger partial charge in [0.05, 0.1) is 15.4 Å². The summed E-state index contributed by atoms with van der Waals surface area (Å²) in [6, 6.07) is 9.72. The molecule has 1 fully saturated rings. The summed E-state index contributed by atoms with van der Waals surface area (Å²) in [7, 11) is 0. The van der Waals surface area contributed by atoms with E-state index in [4.69, 9.17) is 13.9 Å². The average molecular weight is 524 g/mol. The van der Waals surface area contributed by atoms with Crippen molar-refractivity contribution in [1.82, 2.24) is 4.90 Å². The van der Waals surface area contributed by atoms with Gasteiger partial charge in [0, 0.05) is 12.6 Å². The van der Waals surface area contributed by atoms with Crippen molar-refractivity contribution in [2.24, 2.45) is 0 Å². The van der Waals surface area contributed by atoms with E-state index in [9.17, 15) is 18.0 Å². The van der Waals surface area contributed by atoms with Crippen molar-refractivity contribution in [1.29, 1.82) is 0 Å². The fourth-order valence-corrected chi connectivity index (χ4v) is 4.93. The van der Waals surface area contributed by atoms with E-state index >= 15 is 0 Å². The van der Waals surface area contributed by atoms with E-state index in [2.05, 4.69) is 20.8 Å². The Morgan fingerprint density at radius 2 is 1.82 bits per heavy atom. The largest absolute Gasteiger partial charge is 0.478 e. The van der Waals surface area contributed by atoms with Crippen LogP contribution in [0.1, 0.15) is 43.4 Å². The van der Waals surface area contributed by atoms with Gasteiger partial charge in [-0.15, -0.1) is 0 Å². The Kier molecular flexibility index (Phi) is 5.86. The zero-order valence-corrected chi connectivity index (χ0v) is 19.2. The van der Waals surface area contributed by atoms with Crippen LogP contribution in [0.3, 0.4) is 0 Å². The van der Waals surface area contributed by atoms with Crippen LogP contribution < -0.4 is 14.9 Å². The molecule has 1 aliphatic carbocycles. The molecule has 0 radical (unpaired) electrons. The number of hydrogen-bond donors (Lipinski definition) is 0. The van der Waals surface area contributed by atoms with E-state index in [1.165, 1.54) is 18.6 Å². The first-order chi connectivity index (χ1) is 15.8. The van der Waals surface area contributed by atoms with Crippen LogP contribution in [0.5, 0.6) is 17.2 Å². The normalized spacial score (nSPS) is 17.6. The molecule has 33 heavy (non-hydrogen) atoms. The molecule has 0 bridgehead atoms. The first-order valence-corrected chi connectivity index (χ1v) is 11.6. The average Bonchev–Trinajstić information content (AvgIpc) is 2.81. The van der Waals surface area contributed by atoms with Crippen molar-refractivity contribution in [3.05, 3.63) is 62.4 Å². The van der Waals surface area contributed by atoms with Crippen molar-refractivity contribution in [2.75, 3.05) is 6.73 Å². The van der Waals surface area contributed by atoms with Crippen molar-refractivity contribution in [3.8, 4) is 17.2 Å². The standard InChI is InChI=1S/C24H21BrF3NO4/c25-17-8-4-5-9-19(17)32-22-20(30)15-10-11-18-16(21(15)33-23(22)24(26,27)28)12-29(13-31-18)14-6-2-1-3-7-14/h4-5,8-11,14H,1-3,6-7,12-13H2. The molecule has 0 N–H and O–H groups in total. The predicted molar refractivity (Wildman–Crippen MR) is 120 cm³/mol. The second-order valence-electron chi connectivity index (χ2n) is 8.35. The van der Waals surface area contributed by atoms with Gasteiger partial charge in [0.15, 0.2) is 0 Å². The van der Waals surface area contributed by atoms with Crippen LogP contribution in [-0.2, 0) is 12.7 Å². The van der Waals surface area contributed by atoms with Gasteiger partial charge in [-0.1, -0.05) is 31.4 Å². The van der Waals surface area contributed by atoms with Crippen molar-refractivity contribution in [3.63, 3.8) is 0 Å². The maximum Gasteiger partial charge on any atom is 0.453 e. The van der Waals surface area contributed by atoms with E-state index in [-0.39, 0.29) is 16.7 Å². The van der Waals surface area contributed by atoms with Crippen molar-refractivity contribution in [2.45, 2.75) is 50.9 Å². The molecule has 0 atom stereocenters. The summed E-state index contributed by atoms with van der Waals surface area (Å²) in [5, 5.41) is 0.0258. The number of rotatable bonds is 3. The Morgan fingerprint density at radius 3 is 2.55 bits per heavy atom. The van der Waals surface area contributed by atoms with Gasteiger partial charge >= 0.3 is 6.18 Å². The van der Waals surface area contributed by atoms with Crippen LogP contribution in [-0.4, -0.2) is 17.7 Å². The second kappa shape index (κ2) is 8.68. The molecule has 2 aliphatic rings. The summed E-state index contributed by atoms with van der Waals surface area (Å²) in [4.78, 5) is 15.3. The highest BCUT2D eigenvalue weighted by atomic mass is 79.9. The Bertz CT molecular complexity index is 1250. The molecule has 2 heterocycles. The number of para-hydroxylation sites is 1. The van der Waals surface area contributed by atoms with Crippen molar-refractivity contribution < 1.29 is 27.1 Å². The van der Waals surface area contributed by atoms with E-state index in [1.54, 1.807) is 24.3 Å². The molecule has 5 rings (SSSR count). The van der Waals surface area contributed by atoms with Crippen LogP contribution in [0.2, 0.25) is 0 Å². The Balaban J connectivity index is 1.63. The maximum absolute atomic E-state index is 14.0. The monoisotopic (exact) mass is 523 g/mol. The summed E-state index contributed by atoms with van der Waals surface area (Å²) < 4.78 is 59.1. The highest BCUT2D eigenvalue weighted by molar-refractivity contribution is 9.10. The van der Waals surface area contributed by atoms with Gasteiger partial charge in [-0.05, 0) is 53.0 Å². The fourth-order valence-electron chi connectivity index (χ4n) is 4.56. The summed E-state index contributed by atoms with van der Waals surface area (Å²) in [5.41, 5.74) is -0.527. The predicted octanol–water partition coefficient (Wildman–Crippen LogP) is 6.85. The Hall–Kier alpha value is -2.52. The third-order valence-electron chi connectivity index (χ3n) is 6.22. The third-order valence-corrected chi connectivity index (χ3v) is 6.88. The molecule has 1 aliphatic heterocycles. The van der Waals surface area contributed by atoms with E-state index < -0.39 is 23.1 Å². The second-order valence-corrected chi connectivity index (χ2v) is 9.21. The van der Waals surface area contributed by atoms with Gasteiger partial charge in [-0.25, -0.2) is 0 Å². The van der Waals surface area contributed by atoms with Crippen LogP contribution in [0, 0.1) is 0 Å². The number of alkyl halides is 3. The van der Waals surface area contributed by atoms with Gasteiger partial charge in [0.1, 0.15) is 23.8 Å². The molecular weight excluding hydrogens is 503 g/mol. The summed E-state index contributed by atoms with van der Waals surface area (Å²) in [5.74, 6) is -1.83. The van der Waals surface area contributed by atoms with Crippen LogP contribution in [0.4, 0.5) is 13.2 Å². The minimum atomic E-state index is -4.93. The van der Waals surface area contributed by atoms with Gasteiger partial charge in [-0.3, -0.25) is 9.69 Å². The van der Waals surface area contributed by atoms with Gasteiger partial charge in [0.2, 0.25) is 11.2 Å². The van der Waals surface area contributed by atoms with Crippen molar-refractivity contribution >= 4 is 26.9 Å². The first-order valence-electron chi connectivity index (χ1n) is 10.8. The van der Waals surface area contributed by atoms with E-state index in [1.807, 2.05) is 0 Å². The zero-order chi connectivity index (χ0) is 23.2. The maximum atomic E-state index is 14.0. The molecule has 1 saturated carbocycles.